The molecular formula is C22H22N2O8. The number of phenols is 1. The molecule has 6 atom stereocenters. The van der Waals surface area contributed by atoms with Gasteiger partial charge < -0.3 is 15.9 Å². The van der Waals surface area contributed by atoms with Gasteiger partial charge in [-0.3, -0.25) is 33.7 Å². The normalized spacial score (nSPS) is 34.1. The van der Waals surface area contributed by atoms with E-state index < -0.39 is 70.1 Å². The number of amides is 1. The van der Waals surface area contributed by atoms with Gasteiger partial charge in [-0.05, 0) is 50.6 Å². The van der Waals surface area contributed by atoms with Crippen LogP contribution in [0.25, 0.3) is 0 Å². The minimum absolute atomic E-state index is 0.0577. The molecule has 0 spiro atoms. The number of carbonyl (C=O) groups is 6. The third-order valence-corrected chi connectivity index (χ3v) is 7.11. The highest BCUT2D eigenvalue weighted by Crippen LogP contribution is 2.50. The molecule has 10 heteroatoms. The topological polar surface area (TPSA) is 172 Å². The average Bonchev–Trinajstić information content (AvgIpc) is 2.70. The van der Waals surface area contributed by atoms with Gasteiger partial charge in [0, 0.05) is 11.5 Å². The molecule has 0 aromatic heterocycles. The summed E-state index contributed by atoms with van der Waals surface area (Å²) in [6.45, 7) is 0. The van der Waals surface area contributed by atoms with Crippen molar-refractivity contribution >= 4 is 35.3 Å². The van der Waals surface area contributed by atoms with Crippen LogP contribution < -0.4 is 5.73 Å². The second-order valence-corrected chi connectivity index (χ2v) is 8.93. The molecule has 1 amide bonds. The molecule has 0 radical (unpaired) electrons. The molecule has 1 aromatic carbocycles. The van der Waals surface area contributed by atoms with Gasteiger partial charge in [-0.1, -0.05) is 0 Å². The van der Waals surface area contributed by atoms with Crippen LogP contribution >= 0.6 is 0 Å². The third-order valence-electron chi connectivity index (χ3n) is 7.11. The SMILES string of the molecule is CN(C)C1C(=O)C(C(N)=O)C(=O)[C@@]2(O)C(=O)C3C(=O)c4c(O)ccc(C=O)c4C[C@H]3C[C@@H]12. The molecule has 3 unspecified atom stereocenters. The molecule has 0 saturated heterocycles. The molecule has 0 aliphatic heterocycles. The predicted molar refractivity (Wildman–Crippen MR) is 107 cm³/mol. The lowest BCUT2D eigenvalue weighted by atomic mass is 9.52. The van der Waals surface area contributed by atoms with Crippen LogP contribution in [0.1, 0.15) is 32.7 Å². The summed E-state index contributed by atoms with van der Waals surface area (Å²) in [4.78, 5) is 77.7. The highest BCUT2D eigenvalue weighted by Gasteiger charge is 2.69. The maximum absolute atomic E-state index is 13.5. The summed E-state index contributed by atoms with van der Waals surface area (Å²) in [7, 11) is 3.02. The largest absolute Gasteiger partial charge is 0.507 e. The number of hydrogen-bond acceptors (Lipinski definition) is 9. The predicted octanol–water partition coefficient (Wildman–Crippen LogP) is -1.32. The molecule has 168 valence electrons. The molecule has 3 aliphatic rings. The quantitative estimate of drug-likeness (QED) is 0.379. The van der Waals surface area contributed by atoms with Gasteiger partial charge in [0.2, 0.25) is 5.91 Å². The highest BCUT2D eigenvalue weighted by atomic mass is 16.3. The fraction of sp³-hybridized carbons (Fsp3) is 0.455. The standard InChI is InChI=1S/C22H22N2O8/c1-24(2)16-11-6-9-5-10-8(7-25)3-4-12(26)14(10)17(27)13(9)19(29)22(11,32)20(30)15(18(16)28)21(23)31/h3-4,7,9,11,13,15-16,26,32H,5-6H2,1-2H3,(H2,23,31)/t9-,11-,13?,15?,16?,22-/m0/s1. The van der Waals surface area contributed by atoms with Crippen molar-refractivity contribution in [2.75, 3.05) is 14.1 Å². The van der Waals surface area contributed by atoms with E-state index in [0.29, 0.717) is 6.29 Å². The van der Waals surface area contributed by atoms with Gasteiger partial charge in [0.05, 0.1) is 17.5 Å². The van der Waals surface area contributed by atoms with Gasteiger partial charge in [-0.25, -0.2) is 0 Å². The number of nitrogens with two attached hydrogens (primary N) is 1. The Bertz CT molecular complexity index is 1110. The molecule has 32 heavy (non-hydrogen) atoms. The summed E-state index contributed by atoms with van der Waals surface area (Å²) in [6, 6.07) is 1.37. The first kappa shape index (κ1) is 22.0. The van der Waals surface area contributed by atoms with Crippen molar-refractivity contribution in [1.82, 2.24) is 4.90 Å². The van der Waals surface area contributed by atoms with E-state index >= 15 is 0 Å². The Balaban J connectivity index is 1.89. The number of ketones is 4. The van der Waals surface area contributed by atoms with Crippen LogP contribution in [0.3, 0.4) is 0 Å². The van der Waals surface area contributed by atoms with Crippen molar-refractivity contribution in [2.45, 2.75) is 24.5 Å². The number of carbonyl (C=O) groups excluding carboxylic acids is 6. The molecular weight excluding hydrogens is 420 g/mol. The average molecular weight is 442 g/mol. The van der Waals surface area contributed by atoms with Gasteiger partial charge in [-0.2, -0.15) is 0 Å². The number of Topliss-reactive ketones (excluding diaryl/α,β-unsaturated/α-hetero) is 4. The number of phenolic OH excluding ortho intramolecular Hbond substituents is 1. The van der Waals surface area contributed by atoms with E-state index in [-0.39, 0.29) is 29.5 Å². The zero-order chi connectivity index (χ0) is 23.7. The van der Waals surface area contributed by atoms with Gasteiger partial charge >= 0.3 is 0 Å². The number of aromatic hydroxyl groups is 1. The number of rotatable bonds is 3. The number of aliphatic hydroxyl groups is 1. The number of hydrogen-bond donors (Lipinski definition) is 3. The molecule has 1 aromatic rings. The maximum atomic E-state index is 13.5. The number of likely N-dealkylation sites (N-methyl/N-ethyl adjacent to an activating group) is 1. The number of aldehydes is 1. The van der Waals surface area contributed by atoms with Gasteiger partial charge in [0.25, 0.3) is 0 Å². The Hall–Kier alpha value is -3.24. The van der Waals surface area contributed by atoms with Crippen molar-refractivity contribution in [1.29, 1.82) is 0 Å². The Morgan fingerprint density at radius 2 is 1.84 bits per heavy atom. The van der Waals surface area contributed by atoms with Crippen molar-refractivity contribution in [3.8, 4) is 5.75 Å². The third kappa shape index (κ3) is 2.66. The summed E-state index contributed by atoms with van der Waals surface area (Å²) in [5, 5.41) is 21.6. The smallest absolute Gasteiger partial charge is 0.235 e. The lowest BCUT2D eigenvalue weighted by molar-refractivity contribution is -0.181. The Morgan fingerprint density at radius 1 is 1.19 bits per heavy atom. The van der Waals surface area contributed by atoms with E-state index in [4.69, 9.17) is 5.73 Å². The molecule has 2 fully saturated rings. The van der Waals surface area contributed by atoms with Crippen LogP contribution in [0, 0.1) is 23.7 Å². The monoisotopic (exact) mass is 442 g/mol. The lowest BCUT2D eigenvalue weighted by Gasteiger charge is -2.52. The van der Waals surface area contributed by atoms with Gasteiger partial charge in [0.15, 0.2) is 34.7 Å². The van der Waals surface area contributed by atoms with E-state index in [2.05, 4.69) is 0 Å². The van der Waals surface area contributed by atoms with Crippen LogP contribution in [0.5, 0.6) is 5.75 Å². The summed E-state index contributed by atoms with van der Waals surface area (Å²) in [6.07, 6.45) is 0.548. The van der Waals surface area contributed by atoms with Crippen LogP contribution in [-0.2, 0) is 25.6 Å². The summed E-state index contributed by atoms with van der Waals surface area (Å²) >= 11 is 0. The second-order valence-electron chi connectivity index (χ2n) is 8.93. The molecule has 10 nitrogen and oxygen atoms in total. The van der Waals surface area contributed by atoms with Crippen molar-refractivity contribution in [2.24, 2.45) is 29.4 Å². The van der Waals surface area contributed by atoms with E-state index in [1.54, 1.807) is 0 Å². The van der Waals surface area contributed by atoms with E-state index in [1.807, 2.05) is 0 Å². The Labute approximate surface area is 182 Å². The molecule has 0 heterocycles. The first-order chi connectivity index (χ1) is 15.0. The summed E-state index contributed by atoms with van der Waals surface area (Å²) in [5.74, 6) is -11.1. The molecule has 3 aliphatic carbocycles. The number of nitrogens with zero attached hydrogens (tertiary/aromatic N) is 1. The molecule has 4 rings (SSSR count). The van der Waals surface area contributed by atoms with E-state index in [1.165, 1.54) is 31.1 Å². The van der Waals surface area contributed by atoms with Gasteiger partial charge in [-0.15, -0.1) is 0 Å². The summed E-state index contributed by atoms with van der Waals surface area (Å²) < 4.78 is 0. The first-order valence-corrected chi connectivity index (χ1v) is 10.1. The van der Waals surface area contributed by atoms with Crippen molar-refractivity contribution in [3.05, 3.63) is 28.8 Å². The Kier molecular flexibility index (Phi) is 4.90. The lowest BCUT2D eigenvalue weighted by Crippen LogP contribution is -2.74. The zero-order valence-corrected chi connectivity index (χ0v) is 17.4. The maximum Gasteiger partial charge on any atom is 0.235 e. The van der Waals surface area contributed by atoms with Crippen LogP contribution in [-0.4, -0.2) is 76.2 Å². The first-order valence-electron chi connectivity index (χ1n) is 10.1. The van der Waals surface area contributed by atoms with Crippen LogP contribution in [0.2, 0.25) is 0 Å². The fourth-order valence-corrected chi connectivity index (χ4v) is 5.74. The highest BCUT2D eigenvalue weighted by molar-refractivity contribution is 6.32. The van der Waals surface area contributed by atoms with Crippen molar-refractivity contribution in [3.63, 3.8) is 0 Å². The molecule has 2 saturated carbocycles. The second kappa shape index (κ2) is 7.14. The van der Waals surface area contributed by atoms with E-state index in [9.17, 15) is 39.0 Å². The summed E-state index contributed by atoms with van der Waals surface area (Å²) in [5.41, 5.74) is 2.78. The van der Waals surface area contributed by atoms with Crippen LogP contribution in [0.15, 0.2) is 12.1 Å². The minimum atomic E-state index is -2.76. The minimum Gasteiger partial charge on any atom is -0.507 e. The zero-order valence-electron chi connectivity index (χ0n) is 17.4. The molecule has 0 bridgehead atoms. The van der Waals surface area contributed by atoms with E-state index in [0.717, 1.165) is 0 Å². The number of primary amides is 1. The number of benzene rings is 1. The number of fused-ring (bicyclic) bond motifs is 3. The van der Waals surface area contributed by atoms with Gasteiger partial charge in [0.1, 0.15) is 12.0 Å². The Morgan fingerprint density at radius 3 is 2.41 bits per heavy atom. The van der Waals surface area contributed by atoms with Crippen molar-refractivity contribution < 1.29 is 39.0 Å². The van der Waals surface area contributed by atoms with Crippen LogP contribution in [0.4, 0.5) is 0 Å². The fourth-order valence-electron chi connectivity index (χ4n) is 5.74. The molecule has 4 N–H and O–H groups in total.